The molecule has 1 aromatic carbocycles. The van der Waals surface area contributed by atoms with Crippen LogP contribution in [0.5, 0.6) is 5.75 Å². The summed E-state index contributed by atoms with van der Waals surface area (Å²) in [7, 11) is 2.17. The van der Waals surface area contributed by atoms with Crippen molar-refractivity contribution in [3.8, 4) is 5.75 Å². The van der Waals surface area contributed by atoms with Gasteiger partial charge in [-0.1, -0.05) is 0 Å². The van der Waals surface area contributed by atoms with Crippen LogP contribution in [0.25, 0.3) is 5.65 Å². The van der Waals surface area contributed by atoms with Crippen LogP contribution in [0.2, 0.25) is 0 Å². The number of piperidine rings is 1. The Hall–Kier alpha value is -2.80. The highest BCUT2D eigenvalue weighted by Gasteiger charge is 2.37. The quantitative estimate of drug-likeness (QED) is 0.728. The monoisotopic (exact) mass is 378 g/mol. The molecule has 28 heavy (non-hydrogen) atoms. The second-order valence-corrected chi connectivity index (χ2v) is 7.58. The van der Waals surface area contributed by atoms with Gasteiger partial charge in [0.2, 0.25) is 0 Å². The van der Waals surface area contributed by atoms with Gasteiger partial charge in [-0.05, 0) is 56.5 Å². The van der Waals surface area contributed by atoms with Crippen LogP contribution in [0, 0.1) is 5.92 Å². The maximum Gasteiger partial charge on any atom is 0.159 e. The molecule has 1 saturated heterocycles. The molecule has 0 spiro atoms. The minimum atomic E-state index is 0.498. The van der Waals surface area contributed by atoms with E-state index in [0.29, 0.717) is 18.6 Å². The third-order valence-electron chi connectivity index (χ3n) is 5.93. The molecule has 2 aliphatic rings. The molecule has 5 rings (SSSR count). The van der Waals surface area contributed by atoms with Gasteiger partial charge in [-0.15, -0.1) is 0 Å². The van der Waals surface area contributed by atoms with Gasteiger partial charge in [-0.3, -0.25) is 0 Å². The molecule has 3 aromatic rings. The van der Waals surface area contributed by atoms with Crippen molar-refractivity contribution in [2.24, 2.45) is 5.92 Å². The minimum absolute atomic E-state index is 0.498. The summed E-state index contributed by atoms with van der Waals surface area (Å²) in [6, 6.07) is 10.5. The molecule has 2 aliphatic heterocycles. The number of hydrogen-bond acceptors (Lipinski definition) is 6. The van der Waals surface area contributed by atoms with Crippen LogP contribution in [-0.2, 0) is 6.42 Å². The number of hydrogen-bond donors (Lipinski definition) is 2. The molecule has 7 nitrogen and oxygen atoms in total. The summed E-state index contributed by atoms with van der Waals surface area (Å²) in [4.78, 5) is 7.28. The first-order valence-corrected chi connectivity index (χ1v) is 10.0. The fraction of sp³-hybridized carbons (Fsp3) is 0.429. The predicted molar refractivity (Wildman–Crippen MR) is 111 cm³/mol. The Bertz CT molecular complexity index is 982. The summed E-state index contributed by atoms with van der Waals surface area (Å²) in [5, 5.41) is 11.7. The van der Waals surface area contributed by atoms with Gasteiger partial charge >= 0.3 is 0 Å². The van der Waals surface area contributed by atoms with Gasteiger partial charge in [0.05, 0.1) is 12.8 Å². The van der Waals surface area contributed by atoms with Crippen molar-refractivity contribution in [1.29, 1.82) is 0 Å². The summed E-state index contributed by atoms with van der Waals surface area (Å²) >= 11 is 0. The fourth-order valence-corrected chi connectivity index (χ4v) is 4.52. The summed E-state index contributed by atoms with van der Waals surface area (Å²) in [5.74, 6) is 3.59. The lowest BCUT2D eigenvalue weighted by atomic mass is 9.83. The molecule has 2 atom stereocenters. The zero-order valence-corrected chi connectivity index (χ0v) is 16.4. The summed E-state index contributed by atoms with van der Waals surface area (Å²) < 4.78 is 7.49. The van der Waals surface area contributed by atoms with Crippen molar-refractivity contribution < 1.29 is 4.74 Å². The lowest BCUT2D eigenvalue weighted by Crippen LogP contribution is -2.53. The second kappa shape index (κ2) is 6.98. The molecule has 4 heterocycles. The Balaban J connectivity index is 1.57. The van der Waals surface area contributed by atoms with Crippen LogP contribution in [0.15, 0.2) is 36.5 Å². The summed E-state index contributed by atoms with van der Waals surface area (Å²) in [6.07, 6.45) is 4.02. The standard InChI is InChI=1S/C21H26N6O/c1-3-28-16-6-4-15(5-7-16)24-21-17-12-14-8-10-22-13-18(14)26(2)20(17)25-19-9-11-23-27(19)21/h4-7,9,11,14,18,22,24H,3,8,10,12-13H2,1-2H3. The van der Waals surface area contributed by atoms with Gasteiger partial charge < -0.3 is 20.3 Å². The van der Waals surface area contributed by atoms with Crippen LogP contribution >= 0.6 is 0 Å². The van der Waals surface area contributed by atoms with Gasteiger partial charge in [-0.2, -0.15) is 9.61 Å². The van der Waals surface area contributed by atoms with Crippen LogP contribution in [0.3, 0.4) is 0 Å². The van der Waals surface area contributed by atoms with Crippen molar-refractivity contribution in [2.45, 2.75) is 25.8 Å². The number of benzene rings is 1. The Morgan fingerprint density at radius 3 is 2.93 bits per heavy atom. The van der Waals surface area contributed by atoms with Crippen LogP contribution in [0.1, 0.15) is 18.9 Å². The number of anilines is 3. The first-order chi connectivity index (χ1) is 13.7. The molecule has 0 aliphatic carbocycles. The molecule has 7 heteroatoms. The highest BCUT2D eigenvalue weighted by atomic mass is 16.5. The van der Waals surface area contributed by atoms with E-state index in [1.54, 1.807) is 0 Å². The minimum Gasteiger partial charge on any atom is -0.494 e. The maximum atomic E-state index is 5.56. The highest BCUT2D eigenvalue weighted by Crippen LogP contribution is 2.39. The molecular weight excluding hydrogens is 352 g/mol. The van der Waals surface area contributed by atoms with Gasteiger partial charge in [0.25, 0.3) is 0 Å². The van der Waals surface area contributed by atoms with Crippen molar-refractivity contribution in [3.05, 3.63) is 42.1 Å². The molecule has 2 aromatic heterocycles. The fourth-order valence-electron chi connectivity index (χ4n) is 4.52. The van der Waals surface area contributed by atoms with E-state index in [4.69, 9.17) is 9.72 Å². The maximum absolute atomic E-state index is 5.56. The number of nitrogens with one attached hydrogen (secondary N) is 2. The first kappa shape index (κ1) is 17.3. The number of ether oxygens (including phenoxy) is 1. The zero-order chi connectivity index (χ0) is 19.1. The normalized spacial score (nSPS) is 21.3. The molecule has 0 saturated carbocycles. The van der Waals surface area contributed by atoms with E-state index >= 15 is 0 Å². The highest BCUT2D eigenvalue weighted by molar-refractivity contribution is 5.71. The molecule has 0 amide bonds. The SMILES string of the molecule is CCOc1ccc(Nc2c3c(nc4ccnn24)N(C)C2CNCCC2C3)cc1. The van der Waals surface area contributed by atoms with Gasteiger partial charge in [-0.25, -0.2) is 4.98 Å². The summed E-state index contributed by atoms with van der Waals surface area (Å²) in [6.45, 7) is 4.77. The van der Waals surface area contributed by atoms with Crippen LogP contribution < -0.4 is 20.3 Å². The van der Waals surface area contributed by atoms with E-state index in [-0.39, 0.29) is 0 Å². The van der Waals surface area contributed by atoms with Crippen molar-refractivity contribution in [2.75, 3.05) is 37.0 Å². The smallest absolute Gasteiger partial charge is 0.159 e. The average Bonchev–Trinajstić information content (AvgIpc) is 3.19. The van der Waals surface area contributed by atoms with E-state index < -0.39 is 0 Å². The number of aromatic nitrogens is 3. The third-order valence-corrected chi connectivity index (χ3v) is 5.93. The average molecular weight is 378 g/mol. The van der Waals surface area contributed by atoms with Gasteiger partial charge in [0.1, 0.15) is 17.4 Å². The van der Waals surface area contributed by atoms with E-state index in [2.05, 4.69) is 27.7 Å². The van der Waals surface area contributed by atoms with Crippen molar-refractivity contribution in [1.82, 2.24) is 19.9 Å². The Labute approximate surface area is 164 Å². The lowest BCUT2D eigenvalue weighted by molar-refractivity contribution is 0.301. The van der Waals surface area contributed by atoms with E-state index in [9.17, 15) is 0 Å². The predicted octanol–water partition coefficient (Wildman–Crippen LogP) is 2.84. The molecule has 0 radical (unpaired) electrons. The zero-order valence-electron chi connectivity index (χ0n) is 16.4. The van der Waals surface area contributed by atoms with E-state index in [1.165, 1.54) is 12.0 Å². The lowest BCUT2D eigenvalue weighted by Gasteiger charge is -2.44. The first-order valence-electron chi connectivity index (χ1n) is 10.0. The van der Waals surface area contributed by atoms with Crippen LogP contribution in [0.4, 0.5) is 17.3 Å². The topological polar surface area (TPSA) is 66.7 Å². The number of nitrogens with zero attached hydrogens (tertiary/aromatic N) is 4. The molecule has 0 bridgehead atoms. The summed E-state index contributed by atoms with van der Waals surface area (Å²) in [5.41, 5.74) is 3.13. The third kappa shape index (κ3) is 2.86. The van der Waals surface area contributed by atoms with E-state index in [1.807, 2.05) is 48.0 Å². The molecule has 2 N–H and O–H groups in total. The molecular formula is C21H26N6O. The van der Waals surface area contributed by atoms with Crippen molar-refractivity contribution >= 4 is 23.0 Å². The van der Waals surface area contributed by atoms with Gasteiger partial charge in [0.15, 0.2) is 5.65 Å². The second-order valence-electron chi connectivity index (χ2n) is 7.58. The Morgan fingerprint density at radius 1 is 1.25 bits per heavy atom. The van der Waals surface area contributed by atoms with Gasteiger partial charge in [0, 0.05) is 37.0 Å². The number of rotatable bonds is 4. The molecule has 146 valence electrons. The van der Waals surface area contributed by atoms with Crippen LogP contribution in [-0.4, -0.2) is 47.4 Å². The number of fused-ring (bicyclic) bond motifs is 3. The van der Waals surface area contributed by atoms with E-state index in [0.717, 1.165) is 48.2 Å². The Morgan fingerprint density at radius 2 is 2.11 bits per heavy atom. The number of likely N-dealkylation sites (N-methyl/N-ethyl adjacent to an activating group) is 1. The van der Waals surface area contributed by atoms with Crippen molar-refractivity contribution in [3.63, 3.8) is 0 Å². The molecule has 2 unspecified atom stereocenters. The largest absolute Gasteiger partial charge is 0.494 e. The Kier molecular flexibility index (Phi) is 4.31. The molecule has 1 fully saturated rings.